The van der Waals surface area contributed by atoms with Gasteiger partial charge in [0.05, 0.1) is 29.5 Å². The Labute approximate surface area is 139 Å². The van der Waals surface area contributed by atoms with Crippen molar-refractivity contribution in [1.29, 1.82) is 5.26 Å². The van der Waals surface area contributed by atoms with Crippen molar-refractivity contribution in [2.24, 2.45) is 0 Å². The number of nitrogens with zero attached hydrogens (tertiary/aromatic N) is 2. The SMILES string of the molecule is COC(=O)C1(NC(=O)CSc2cc(C#N)ccn2)CCCCC1. The highest BCUT2D eigenvalue weighted by atomic mass is 32.2. The molecule has 1 saturated carbocycles. The minimum Gasteiger partial charge on any atom is -0.467 e. The predicted molar refractivity (Wildman–Crippen MR) is 85.7 cm³/mol. The van der Waals surface area contributed by atoms with E-state index in [1.165, 1.54) is 25.1 Å². The fraction of sp³-hybridized carbons (Fsp3) is 0.500. The fourth-order valence-corrected chi connectivity index (χ4v) is 3.43. The van der Waals surface area contributed by atoms with Gasteiger partial charge in [-0.2, -0.15) is 5.26 Å². The van der Waals surface area contributed by atoms with E-state index in [-0.39, 0.29) is 17.6 Å². The van der Waals surface area contributed by atoms with Crippen molar-refractivity contribution in [2.75, 3.05) is 12.9 Å². The van der Waals surface area contributed by atoms with Crippen molar-refractivity contribution < 1.29 is 14.3 Å². The minimum atomic E-state index is -0.896. The van der Waals surface area contributed by atoms with Gasteiger partial charge in [-0.1, -0.05) is 31.0 Å². The van der Waals surface area contributed by atoms with E-state index in [4.69, 9.17) is 10.00 Å². The van der Waals surface area contributed by atoms with Gasteiger partial charge in [-0.3, -0.25) is 4.79 Å². The molecule has 1 N–H and O–H groups in total. The molecule has 1 aliphatic carbocycles. The topological polar surface area (TPSA) is 92.1 Å². The first-order valence-corrected chi connectivity index (χ1v) is 8.46. The molecule has 1 aromatic heterocycles. The largest absolute Gasteiger partial charge is 0.467 e. The molecule has 122 valence electrons. The van der Waals surface area contributed by atoms with Gasteiger partial charge in [0.25, 0.3) is 0 Å². The number of nitriles is 1. The molecule has 7 heteroatoms. The standard InChI is InChI=1S/C16H19N3O3S/c1-22-15(21)16(6-3-2-4-7-16)19-13(20)11-23-14-9-12(10-17)5-8-18-14/h5,8-9H,2-4,6-7,11H2,1H3,(H,19,20). The molecule has 0 atom stereocenters. The predicted octanol–water partition coefficient (Wildman–Crippen LogP) is 2.04. The summed E-state index contributed by atoms with van der Waals surface area (Å²) in [7, 11) is 1.34. The van der Waals surface area contributed by atoms with E-state index in [2.05, 4.69) is 10.3 Å². The first kappa shape index (κ1) is 17.3. The van der Waals surface area contributed by atoms with Crippen LogP contribution in [-0.4, -0.2) is 35.3 Å². The van der Waals surface area contributed by atoms with E-state index < -0.39 is 5.54 Å². The zero-order valence-corrected chi connectivity index (χ0v) is 13.8. The lowest BCUT2D eigenvalue weighted by Crippen LogP contribution is -2.56. The highest BCUT2D eigenvalue weighted by molar-refractivity contribution is 7.99. The summed E-state index contributed by atoms with van der Waals surface area (Å²) in [5, 5.41) is 12.3. The van der Waals surface area contributed by atoms with Crippen LogP contribution in [0.15, 0.2) is 23.4 Å². The van der Waals surface area contributed by atoms with Crippen LogP contribution in [0.1, 0.15) is 37.7 Å². The molecule has 0 bridgehead atoms. The lowest BCUT2D eigenvalue weighted by molar-refractivity contribution is -0.152. The van der Waals surface area contributed by atoms with Crippen LogP contribution in [0, 0.1) is 11.3 Å². The summed E-state index contributed by atoms with van der Waals surface area (Å²) < 4.78 is 4.88. The Kier molecular flexibility index (Phi) is 5.99. The van der Waals surface area contributed by atoms with E-state index in [0.717, 1.165) is 19.3 Å². The summed E-state index contributed by atoms with van der Waals surface area (Å²) in [6.07, 6.45) is 5.61. The number of aromatic nitrogens is 1. The Morgan fingerprint density at radius 2 is 2.17 bits per heavy atom. The number of hydrogen-bond donors (Lipinski definition) is 1. The Morgan fingerprint density at radius 1 is 1.43 bits per heavy atom. The zero-order chi connectivity index (χ0) is 16.7. The number of ether oxygens (including phenoxy) is 1. The average Bonchev–Trinajstić information content (AvgIpc) is 2.60. The number of rotatable bonds is 5. The molecule has 23 heavy (non-hydrogen) atoms. The third kappa shape index (κ3) is 4.45. The molecule has 0 unspecified atom stereocenters. The lowest BCUT2D eigenvalue weighted by atomic mass is 9.81. The van der Waals surface area contributed by atoms with Crippen LogP contribution in [0.3, 0.4) is 0 Å². The summed E-state index contributed by atoms with van der Waals surface area (Å²) in [5.41, 5.74) is -0.395. The van der Waals surface area contributed by atoms with Gasteiger partial charge in [-0.15, -0.1) is 0 Å². The van der Waals surface area contributed by atoms with Gasteiger partial charge in [0.1, 0.15) is 5.54 Å². The van der Waals surface area contributed by atoms with Crippen LogP contribution in [-0.2, 0) is 14.3 Å². The van der Waals surface area contributed by atoms with Crippen molar-refractivity contribution in [3.63, 3.8) is 0 Å². The molecule has 0 radical (unpaired) electrons. The number of hydrogen-bond acceptors (Lipinski definition) is 6. The second kappa shape index (κ2) is 7.97. The summed E-state index contributed by atoms with van der Waals surface area (Å²) in [4.78, 5) is 28.4. The van der Waals surface area contributed by atoms with E-state index in [1.807, 2.05) is 6.07 Å². The number of pyridine rings is 1. The molecule has 1 aromatic rings. The number of amides is 1. The average molecular weight is 333 g/mol. The Bertz CT molecular complexity index is 621. The van der Waals surface area contributed by atoms with E-state index in [9.17, 15) is 9.59 Å². The van der Waals surface area contributed by atoms with Crippen LogP contribution in [0.25, 0.3) is 0 Å². The smallest absolute Gasteiger partial charge is 0.331 e. The Hall–Kier alpha value is -2.07. The summed E-state index contributed by atoms with van der Waals surface area (Å²) in [5.74, 6) is -0.465. The molecule has 1 amide bonds. The molecule has 1 heterocycles. The van der Waals surface area contributed by atoms with Gasteiger partial charge in [0, 0.05) is 6.20 Å². The second-order valence-electron chi connectivity index (χ2n) is 5.47. The number of thioether (sulfide) groups is 1. The number of carbonyl (C=O) groups excluding carboxylic acids is 2. The van der Waals surface area contributed by atoms with Gasteiger partial charge in [-0.25, -0.2) is 9.78 Å². The zero-order valence-electron chi connectivity index (χ0n) is 13.0. The molecule has 0 aliphatic heterocycles. The maximum Gasteiger partial charge on any atom is 0.331 e. The van der Waals surface area contributed by atoms with Crippen molar-refractivity contribution in [2.45, 2.75) is 42.7 Å². The fourth-order valence-electron chi connectivity index (χ4n) is 2.73. The number of nitrogens with one attached hydrogen (secondary N) is 1. The van der Waals surface area contributed by atoms with E-state index >= 15 is 0 Å². The normalized spacial score (nSPS) is 16.2. The van der Waals surface area contributed by atoms with Gasteiger partial charge >= 0.3 is 5.97 Å². The first-order chi connectivity index (χ1) is 11.1. The van der Waals surface area contributed by atoms with Gasteiger partial charge in [-0.05, 0) is 25.0 Å². The first-order valence-electron chi connectivity index (χ1n) is 7.48. The number of methoxy groups -OCH3 is 1. The summed E-state index contributed by atoms with van der Waals surface area (Å²) >= 11 is 1.24. The second-order valence-corrected chi connectivity index (χ2v) is 6.46. The van der Waals surface area contributed by atoms with Crippen LogP contribution in [0.4, 0.5) is 0 Å². The minimum absolute atomic E-state index is 0.140. The third-order valence-electron chi connectivity index (χ3n) is 3.88. The van der Waals surface area contributed by atoms with Crippen LogP contribution >= 0.6 is 11.8 Å². The number of carbonyl (C=O) groups is 2. The van der Waals surface area contributed by atoms with E-state index in [0.29, 0.717) is 23.4 Å². The van der Waals surface area contributed by atoms with Crippen molar-refractivity contribution in [1.82, 2.24) is 10.3 Å². The van der Waals surface area contributed by atoms with E-state index in [1.54, 1.807) is 12.1 Å². The Morgan fingerprint density at radius 3 is 2.83 bits per heavy atom. The van der Waals surface area contributed by atoms with Gasteiger partial charge in [0.2, 0.25) is 5.91 Å². The molecule has 2 rings (SSSR count). The van der Waals surface area contributed by atoms with Crippen LogP contribution in [0.2, 0.25) is 0 Å². The van der Waals surface area contributed by atoms with Crippen molar-refractivity contribution >= 4 is 23.6 Å². The van der Waals surface area contributed by atoms with Crippen molar-refractivity contribution in [3.05, 3.63) is 23.9 Å². The lowest BCUT2D eigenvalue weighted by Gasteiger charge is -2.35. The molecular weight excluding hydrogens is 314 g/mol. The molecule has 1 aliphatic rings. The molecule has 0 aromatic carbocycles. The van der Waals surface area contributed by atoms with Gasteiger partial charge in [0.15, 0.2) is 0 Å². The Balaban J connectivity index is 1.96. The highest BCUT2D eigenvalue weighted by Gasteiger charge is 2.41. The molecule has 0 spiro atoms. The third-order valence-corrected chi connectivity index (χ3v) is 4.80. The maximum atomic E-state index is 12.2. The molecule has 1 fully saturated rings. The summed E-state index contributed by atoms with van der Waals surface area (Å²) in [6.45, 7) is 0. The number of esters is 1. The van der Waals surface area contributed by atoms with Crippen LogP contribution in [0.5, 0.6) is 0 Å². The van der Waals surface area contributed by atoms with Gasteiger partial charge < -0.3 is 10.1 Å². The maximum absolute atomic E-state index is 12.2. The monoisotopic (exact) mass is 333 g/mol. The molecule has 6 nitrogen and oxygen atoms in total. The van der Waals surface area contributed by atoms with Crippen molar-refractivity contribution in [3.8, 4) is 6.07 Å². The highest BCUT2D eigenvalue weighted by Crippen LogP contribution is 2.29. The summed E-state index contributed by atoms with van der Waals surface area (Å²) in [6, 6.07) is 5.28. The molecule has 0 saturated heterocycles. The van der Waals surface area contributed by atoms with Crippen LogP contribution < -0.4 is 5.32 Å². The molecular formula is C16H19N3O3S. The quantitative estimate of drug-likeness (QED) is 0.655.